The summed E-state index contributed by atoms with van der Waals surface area (Å²) >= 11 is 0. The molecule has 0 aliphatic heterocycles. The molecule has 0 amide bonds. The van der Waals surface area contributed by atoms with E-state index < -0.39 is 0 Å². The van der Waals surface area contributed by atoms with Gasteiger partial charge in [-0.3, -0.25) is 10.1 Å². The lowest BCUT2D eigenvalue weighted by atomic mass is 9.42. The third kappa shape index (κ3) is 2.74. The van der Waals surface area contributed by atoms with E-state index in [-0.39, 0.29) is 17.6 Å². The number of rotatable bonds is 5. The van der Waals surface area contributed by atoms with Crippen molar-refractivity contribution in [2.45, 2.75) is 84.2 Å². The summed E-state index contributed by atoms with van der Waals surface area (Å²) in [5, 5.41) is 3.77. The molecule has 0 aromatic heterocycles. The zero-order valence-corrected chi connectivity index (χ0v) is 14.1. The Morgan fingerprint density at radius 2 is 1.76 bits per heavy atom. The largest absolute Gasteiger partial charge is 0.465 e. The molecular formula is C18H31NO2. The van der Waals surface area contributed by atoms with Crippen LogP contribution < -0.4 is 5.32 Å². The van der Waals surface area contributed by atoms with Crippen molar-refractivity contribution in [2.75, 3.05) is 6.61 Å². The summed E-state index contributed by atoms with van der Waals surface area (Å²) in [5.74, 6) is 0.787. The van der Waals surface area contributed by atoms with Gasteiger partial charge in [0.15, 0.2) is 0 Å². The van der Waals surface area contributed by atoms with Crippen molar-refractivity contribution in [2.24, 2.45) is 16.7 Å². The predicted molar refractivity (Wildman–Crippen MR) is 84.0 cm³/mol. The molecule has 0 heterocycles. The second kappa shape index (κ2) is 4.97. The Bertz CT molecular complexity index is 415. The van der Waals surface area contributed by atoms with Crippen LogP contribution in [0.1, 0.15) is 72.6 Å². The maximum Gasteiger partial charge on any atom is 0.323 e. The maximum absolute atomic E-state index is 12.2. The summed E-state index contributed by atoms with van der Waals surface area (Å²) in [6, 6.07) is -0.131. The first-order chi connectivity index (χ1) is 9.81. The SMILES string of the molecule is CCOC(=O)C(CC)NC12CC3CC(C)(CC(C)(C3)C1)C2. The number of carbonyl (C=O) groups is 1. The van der Waals surface area contributed by atoms with Crippen LogP contribution in [0.2, 0.25) is 0 Å². The molecule has 4 bridgehead atoms. The van der Waals surface area contributed by atoms with Gasteiger partial charge in [0, 0.05) is 5.54 Å². The van der Waals surface area contributed by atoms with Crippen molar-refractivity contribution in [3.63, 3.8) is 0 Å². The van der Waals surface area contributed by atoms with Crippen LogP contribution in [0, 0.1) is 16.7 Å². The van der Waals surface area contributed by atoms with E-state index in [1.165, 1.54) is 38.5 Å². The molecule has 3 heteroatoms. The highest BCUT2D eigenvalue weighted by Gasteiger charge is 2.60. The Hall–Kier alpha value is -0.570. The van der Waals surface area contributed by atoms with Crippen LogP contribution in [-0.2, 0) is 9.53 Å². The monoisotopic (exact) mass is 293 g/mol. The van der Waals surface area contributed by atoms with E-state index in [1.54, 1.807) is 0 Å². The molecule has 120 valence electrons. The first kappa shape index (κ1) is 15.3. The van der Waals surface area contributed by atoms with Gasteiger partial charge in [0.05, 0.1) is 6.61 Å². The van der Waals surface area contributed by atoms with E-state index >= 15 is 0 Å². The van der Waals surface area contributed by atoms with Gasteiger partial charge in [0.2, 0.25) is 0 Å². The molecule has 1 N–H and O–H groups in total. The first-order valence-corrected chi connectivity index (χ1v) is 8.75. The van der Waals surface area contributed by atoms with Crippen LogP contribution in [0.4, 0.5) is 0 Å². The van der Waals surface area contributed by atoms with Gasteiger partial charge in [-0.2, -0.15) is 0 Å². The standard InChI is InChI=1S/C18H31NO2/c1-5-14(15(20)21-6-2)19-18-9-13-7-16(3,11-18)10-17(4,8-13)12-18/h13-14,19H,5-12H2,1-4H3. The molecule has 0 aromatic rings. The molecule has 4 fully saturated rings. The number of hydrogen-bond donors (Lipinski definition) is 1. The molecular weight excluding hydrogens is 262 g/mol. The molecule has 3 atom stereocenters. The quantitative estimate of drug-likeness (QED) is 0.786. The zero-order valence-electron chi connectivity index (χ0n) is 14.1. The third-order valence-electron chi connectivity index (χ3n) is 6.09. The summed E-state index contributed by atoms with van der Waals surface area (Å²) in [6.07, 6.45) is 8.71. The average molecular weight is 293 g/mol. The van der Waals surface area contributed by atoms with Gasteiger partial charge < -0.3 is 4.74 Å². The van der Waals surface area contributed by atoms with Crippen LogP contribution in [-0.4, -0.2) is 24.2 Å². The predicted octanol–water partition coefficient (Wildman–Crippen LogP) is 3.67. The Morgan fingerprint density at radius 1 is 1.14 bits per heavy atom. The first-order valence-electron chi connectivity index (χ1n) is 8.75. The van der Waals surface area contributed by atoms with Crippen LogP contribution in [0.3, 0.4) is 0 Å². The highest BCUT2D eigenvalue weighted by molar-refractivity contribution is 5.75. The molecule has 0 aromatic carbocycles. The van der Waals surface area contributed by atoms with Crippen LogP contribution in [0.15, 0.2) is 0 Å². The number of esters is 1. The van der Waals surface area contributed by atoms with Crippen molar-refractivity contribution < 1.29 is 9.53 Å². The highest BCUT2D eigenvalue weighted by atomic mass is 16.5. The van der Waals surface area contributed by atoms with E-state index in [9.17, 15) is 4.79 Å². The maximum atomic E-state index is 12.2. The van der Waals surface area contributed by atoms with Gasteiger partial charge in [-0.25, -0.2) is 0 Å². The van der Waals surface area contributed by atoms with Crippen molar-refractivity contribution in [1.29, 1.82) is 0 Å². The molecule has 4 saturated carbocycles. The second-order valence-electron chi connectivity index (χ2n) is 8.77. The van der Waals surface area contributed by atoms with E-state index in [2.05, 4.69) is 26.1 Å². The lowest BCUT2D eigenvalue weighted by Crippen LogP contribution is -2.66. The van der Waals surface area contributed by atoms with Crippen molar-refractivity contribution in [3.05, 3.63) is 0 Å². The highest BCUT2D eigenvalue weighted by Crippen LogP contribution is 2.66. The summed E-state index contributed by atoms with van der Waals surface area (Å²) in [7, 11) is 0. The molecule has 3 nitrogen and oxygen atoms in total. The smallest absolute Gasteiger partial charge is 0.323 e. The number of ether oxygens (including phenoxy) is 1. The van der Waals surface area contributed by atoms with E-state index in [0.29, 0.717) is 17.4 Å². The molecule has 0 saturated heterocycles. The average Bonchev–Trinajstić information content (AvgIpc) is 2.31. The Kier molecular flexibility index (Phi) is 3.63. The number of nitrogens with one attached hydrogen (secondary N) is 1. The third-order valence-corrected chi connectivity index (χ3v) is 6.09. The fourth-order valence-corrected chi connectivity index (χ4v) is 6.55. The normalized spacial score (nSPS) is 45.6. The molecule has 0 radical (unpaired) electrons. The van der Waals surface area contributed by atoms with Crippen LogP contribution in [0.25, 0.3) is 0 Å². The topological polar surface area (TPSA) is 38.3 Å². The number of carbonyl (C=O) groups excluding carboxylic acids is 1. The van der Waals surface area contributed by atoms with Crippen molar-refractivity contribution in [1.82, 2.24) is 5.32 Å². The Morgan fingerprint density at radius 3 is 2.24 bits per heavy atom. The van der Waals surface area contributed by atoms with Crippen LogP contribution >= 0.6 is 0 Å². The van der Waals surface area contributed by atoms with Gasteiger partial charge in [-0.15, -0.1) is 0 Å². The van der Waals surface area contributed by atoms with E-state index in [0.717, 1.165) is 12.3 Å². The van der Waals surface area contributed by atoms with Gasteiger partial charge in [-0.1, -0.05) is 20.8 Å². The fraction of sp³-hybridized carbons (Fsp3) is 0.944. The summed E-state index contributed by atoms with van der Waals surface area (Å²) in [4.78, 5) is 12.2. The fourth-order valence-electron chi connectivity index (χ4n) is 6.55. The summed E-state index contributed by atoms with van der Waals surface area (Å²) < 4.78 is 5.26. The zero-order chi connectivity index (χ0) is 15.3. The van der Waals surface area contributed by atoms with Gasteiger partial charge in [0.25, 0.3) is 0 Å². The van der Waals surface area contributed by atoms with Crippen molar-refractivity contribution in [3.8, 4) is 0 Å². The van der Waals surface area contributed by atoms with E-state index in [1.807, 2.05) is 6.92 Å². The van der Waals surface area contributed by atoms with Crippen molar-refractivity contribution >= 4 is 5.97 Å². The second-order valence-corrected chi connectivity index (χ2v) is 8.77. The minimum absolute atomic E-state index is 0.0638. The molecule has 4 rings (SSSR count). The lowest BCUT2D eigenvalue weighted by molar-refractivity contribution is -0.152. The molecule has 0 spiro atoms. The summed E-state index contributed by atoms with van der Waals surface area (Å²) in [5.41, 5.74) is 1.14. The molecule has 4 aliphatic carbocycles. The molecule has 3 unspecified atom stereocenters. The lowest BCUT2D eigenvalue weighted by Gasteiger charge is -2.66. The van der Waals surface area contributed by atoms with Crippen LogP contribution in [0.5, 0.6) is 0 Å². The van der Waals surface area contributed by atoms with Gasteiger partial charge in [0.1, 0.15) is 6.04 Å². The van der Waals surface area contributed by atoms with Gasteiger partial charge in [-0.05, 0) is 68.6 Å². The summed E-state index contributed by atoms with van der Waals surface area (Å²) in [6.45, 7) is 9.38. The Balaban J connectivity index is 1.79. The minimum atomic E-state index is -0.131. The van der Waals surface area contributed by atoms with Gasteiger partial charge >= 0.3 is 5.97 Å². The Labute approximate surface area is 129 Å². The van der Waals surface area contributed by atoms with E-state index in [4.69, 9.17) is 4.74 Å². The number of hydrogen-bond acceptors (Lipinski definition) is 3. The minimum Gasteiger partial charge on any atom is -0.465 e. The molecule has 4 aliphatic rings. The molecule has 21 heavy (non-hydrogen) atoms.